The van der Waals surface area contributed by atoms with Crippen molar-refractivity contribution in [3.8, 4) is 0 Å². The number of carbonyl (C=O) groups excluding carboxylic acids is 4. The van der Waals surface area contributed by atoms with Crippen LogP contribution < -0.4 is 5.32 Å². The number of hydrogen-bond donors (Lipinski definition) is 1. The lowest BCUT2D eigenvalue weighted by Gasteiger charge is -2.44. The molecule has 1 saturated heterocycles. The molecule has 0 radical (unpaired) electrons. The van der Waals surface area contributed by atoms with E-state index in [1.54, 1.807) is 0 Å². The smallest absolute Gasteiger partial charge is 0.303 e. The summed E-state index contributed by atoms with van der Waals surface area (Å²) in [5.41, 5.74) is 0. The standard InChI is InChI=1S/C19H29NO10S/c1-6-7-8-25-19(31)20-18-17(29-13(5)24)16(28-12(4)23)15(27-11(3)22)14(30-18)9-26-10(2)21/h14-18H,6-9H2,1-5H3,(H,20,31)/t14-,15+,16+,17-,18-/m1/s1. The van der Waals surface area contributed by atoms with Crippen molar-refractivity contribution in [1.29, 1.82) is 0 Å². The van der Waals surface area contributed by atoms with E-state index in [1.807, 2.05) is 6.92 Å². The van der Waals surface area contributed by atoms with E-state index in [9.17, 15) is 19.2 Å². The van der Waals surface area contributed by atoms with Gasteiger partial charge in [-0.1, -0.05) is 13.3 Å². The summed E-state index contributed by atoms with van der Waals surface area (Å²) in [6, 6.07) is 0. The van der Waals surface area contributed by atoms with E-state index in [1.165, 1.54) is 6.92 Å². The molecule has 11 nitrogen and oxygen atoms in total. The molecule has 1 N–H and O–H groups in total. The van der Waals surface area contributed by atoms with Crippen LogP contribution in [0.25, 0.3) is 0 Å². The second kappa shape index (κ2) is 13.1. The highest BCUT2D eigenvalue weighted by atomic mass is 32.1. The van der Waals surface area contributed by atoms with Gasteiger partial charge >= 0.3 is 23.9 Å². The van der Waals surface area contributed by atoms with Crippen molar-refractivity contribution in [2.45, 2.75) is 78.1 Å². The predicted octanol–water partition coefficient (Wildman–Crippen LogP) is 0.761. The number of ether oxygens (including phenoxy) is 6. The average molecular weight is 464 g/mol. The summed E-state index contributed by atoms with van der Waals surface area (Å²) in [5.74, 6) is -2.72. The third-order valence-electron chi connectivity index (χ3n) is 3.98. The van der Waals surface area contributed by atoms with Crippen molar-refractivity contribution in [2.75, 3.05) is 13.2 Å². The summed E-state index contributed by atoms with van der Waals surface area (Å²) in [6.07, 6.45) is -4.28. The summed E-state index contributed by atoms with van der Waals surface area (Å²) in [4.78, 5) is 46.4. The van der Waals surface area contributed by atoms with Crippen LogP contribution >= 0.6 is 12.2 Å². The number of thiocarbonyl (C=S) groups is 1. The van der Waals surface area contributed by atoms with Gasteiger partial charge in [-0.2, -0.15) is 0 Å². The van der Waals surface area contributed by atoms with E-state index in [4.69, 9.17) is 40.6 Å². The van der Waals surface area contributed by atoms with Crippen LogP contribution in [0.1, 0.15) is 47.5 Å². The van der Waals surface area contributed by atoms with E-state index in [2.05, 4.69) is 5.32 Å². The van der Waals surface area contributed by atoms with Crippen molar-refractivity contribution in [3.63, 3.8) is 0 Å². The number of nitrogens with one attached hydrogen (secondary N) is 1. The molecule has 176 valence electrons. The zero-order valence-electron chi connectivity index (χ0n) is 18.2. The highest BCUT2D eigenvalue weighted by Crippen LogP contribution is 2.28. The van der Waals surface area contributed by atoms with Gasteiger partial charge in [0, 0.05) is 27.7 Å². The monoisotopic (exact) mass is 463 g/mol. The van der Waals surface area contributed by atoms with E-state index < -0.39 is 54.5 Å². The third kappa shape index (κ3) is 9.47. The van der Waals surface area contributed by atoms with Gasteiger partial charge < -0.3 is 33.7 Å². The van der Waals surface area contributed by atoms with Crippen LogP contribution in [0.15, 0.2) is 0 Å². The minimum Gasteiger partial charge on any atom is -0.471 e. The molecule has 0 unspecified atom stereocenters. The summed E-state index contributed by atoms with van der Waals surface area (Å²) < 4.78 is 32.2. The van der Waals surface area contributed by atoms with Gasteiger partial charge in [-0.25, -0.2) is 0 Å². The highest BCUT2D eigenvalue weighted by molar-refractivity contribution is 7.80. The van der Waals surface area contributed by atoms with Gasteiger partial charge in [-0.05, 0) is 18.6 Å². The fraction of sp³-hybridized carbons (Fsp3) is 0.737. The molecule has 0 spiro atoms. The zero-order chi connectivity index (χ0) is 23.6. The lowest BCUT2D eigenvalue weighted by Crippen LogP contribution is -2.66. The molecular formula is C19H29NO10S. The number of carbonyl (C=O) groups is 4. The van der Waals surface area contributed by atoms with Crippen LogP contribution in [0.2, 0.25) is 0 Å². The molecule has 0 aromatic heterocycles. The Labute approximate surface area is 186 Å². The molecule has 0 bridgehead atoms. The highest BCUT2D eigenvalue weighted by Gasteiger charge is 2.52. The molecule has 1 heterocycles. The van der Waals surface area contributed by atoms with Gasteiger partial charge in [0.25, 0.3) is 5.17 Å². The van der Waals surface area contributed by atoms with Crippen molar-refractivity contribution in [1.82, 2.24) is 5.32 Å². The van der Waals surface area contributed by atoms with Gasteiger partial charge in [0.1, 0.15) is 12.7 Å². The number of esters is 4. The molecule has 31 heavy (non-hydrogen) atoms. The SMILES string of the molecule is CCCCOC(=S)N[C@@H]1O[C@H](COC(C)=O)[C@H](OC(C)=O)[C@H](OC(C)=O)[C@H]1OC(C)=O. The predicted molar refractivity (Wildman–Crippen MR) is 109 cm³/mol. The maximum absolute atomic E-state index is 11.8. The molecule has 5 atom stereocenters. The number of hydrogen-bond acceptors (Lipinski definition) is 11. The Morgan fingerprint density at radius 1 is 0.839 bits per heavy atom. The number of unbranched alkanes of at least 4 members (excludes halogenated alkanes) is 1. The molecule has 1 aliphatic heterocycles. The zero-order valence-corrected chi connectivity index (χ0v) is 19.0. The first-order chi connectivity index (χ1) is 14.5. The summed E-state index contributed by atoms with van der Waals surface area (Å²) >= 11 is 5.15. The maximum atomic E-state index is 11.8. The Bertz CT molecular complexity index is 670. The topological polar surface area (TPSA) is 136 Å². The minimum atomic E-state index is -1.27. The first-order valence-corrected chi connectivity index (χ1v) is 10.2. The minimum absolute atomic E-state index is 0.0330. The van der Waals surface area contributed by atoms with E-state index in [0.717, 1.165) is 33.6 Å². The quantitative estimate of drug-likeness (QED) is 0.224. The lowest BCUT2D eigenvalue weighted by molar-refractivity contribution is -0.255. The van der Waals surface area contributed by atoms with Crippen molar-refractivity contribution >= 4 is 41.3 Å². The van der Waals surface area contributed by atoms with Gasteiger partial charge in [0.2, 0.25) is 0 Å². The third-order valence-corrected chi connectivity index (χ3v) is 4.22. The first-order valence-electron chi connectivity index (χ1n) is 9.78. The second-order valence-electron chi connectivity index (χ2n) is 6.75. The Hall–Kier alpha value is -2.47. The molecular weight excluding hydrogens is 434 g/mol. The van der Waals surface area contributed by atoms with Gasteiger partial charge in [-0.15, -0.1) is 0 Å². The van der Waals surface area contributed by atoms with Crippen molar-refractivity contribution < 1.29 is 47.6 Å². The summed E-state index contributed by atoms with van der Waals surface area (Å²) in [5, 5.41) is 2.73. The summed E-state index contributed by atoms with van der Waals surface area (Å²) in [6.45, 7) is 6.67. The fourth-order valence-corrected chi connectivity index (χ4v) is 3.01. The van der Waals surface area contributed by atoms with Gasteiger partial charge in [0.05, 0.1) is 6.61 Å². The van der Waals surface area contributed by atoms with Crippen LogP contribution in [-0.2, 0) is 47.6 Å². The largest absolute Gasteiger partial charge is 0.471 e. The molecule has 1 fully saturated rings. The lowest BCUT2D eigenvalue weighted by atomic mass is 9.97. The maximum Gasteiger partial charge on any atom is 0.303 e. The van der Waals surface area contributed by atoms with E-state index in [0.29, 0.717) is 6.61 Å². The van der Waals surface area contributed by atoms with E-state index in [-0.39, 0.29) is 11.8 Å². The average Bonchev–Trinajstić information content (AvgIpc) is 2.64. The molecule has 0 aromatic carbocycles. The van der Waals surface area contributed by atoms with Crippen LogP contribution in [0, 0.1) is 0 Å². The first kappa shape index (κ1) is 26.6. The van der Waals surface area contributed by atoms with Crippen molar-refractivity contribution in [3.05, 3.63) is 0 Å². The van der Waals surface area contributed by atoms with Crippen molar-refractivity contribution in [2.24, 2.45) is 0 Å². The Balaban J connectivity index is 3.23. The van der Waals surface area contributed by atoms with Gasteiger partial charge in [-0.3, -0.25) is 19.2 Å². The van der Waals surface area contributed by atoms with Gasteiger partial charge in [0.15, 0.2) is 24.5 Å². The Morgan fingerprint density at radius 3 is 1.90 bits per heavy atom. The molecule has 0 aromatic rings. The Kier molecular flexibility index (Phi) is 11.2. The van der Waals surface area contributed by atoms with E-state index >= 15 is 0 Å². The molecule has 12 heteroatoms. The number of rotatable bonds is 9. The Morgan fingerprint density at radius 2 is 1.39 bits per heavy atom. The molecule has 0 amide bonds. The molecule has 0 aliphatic carbocycles. The second-order valence-corrected chi connectivity index (χ2v) is 7.12. The van der Waals surface area contributed by atoms with Crippen LogP contribution in [-0.4, -0.2) is 72.9 Å². The molecule has 0 saturated carbocycles. The van der Waals surface area contributed by atoms with Crippen LogP contribution in [0.5, 0.6) is 0 Å². The normalized spacial score (nSPS) is 25.0. The van der Waals surface area contributed by atoms with Crippen LogP contribution in [0.4, 0.5) is 0 Å². The molecule has 1 aliphatic rings. The fourth-order valence-electron chi connectivity index (χ4n) is 2.81. The summed E-state index contributed by atoms with van der Waals surface area (Å²) in [7, 11) is 0. The molecule has 1 rings (SSSR count). The van der Waals surface area contributed by atoms with Crippen LogP contribution in [0.3, 0.4) is 0 Å².